The maximum atomic E-state index is 6.41. The van der Waals surface area contributed by atoms with Gasteiger partial charge in [0, 0.05) is 38.2 Å². The normalized spacial score (nSPS) is 11.6. The Bertz CT molecular complexity index is 3550. The van der Waals surface area contributed by atoms with Crippen LogP contribution in [0.4, 0.5) is 0 Å². The van der Waals surface area contributed by atoms with Gasteiger partial charge in [-0.05, 0) is 102 Å². The van der Waals surface area contributed by atoms with Gasteiger partial charge in [-0.2, -0.15) is 0 Å². The fourth-order valence-corrected chi connectivity index (χ4v) is 9.31. The quantitative estimate of drug-likeness (QED) is 0.161. The van der Waals surface area contributed by atoms with Gasteiger partial charge in [-0.15, -0.1) is 0 Å². The molecule has 0 fully saturated rings. The molecular weight excluding hydrogens is 779 g/mol. The van der Waals surface area contributed by atoms with Crippen molar-refractivity contribution in [3.63, 3.8) is 0 Å². The van der Waals surface area contributed by atoms with Crippen LogP contribution in [0.2, 0.25) is 0 Å². The van der Waals surface area contributed by atoms with Crippen molar-refractivity contribution in [1.29, 1.82) is 0 Å². The molecule has 0 saturated heterocycles. The molecule has 0 aliphatic carbocycles. The molecule has 0 atom stereocenters. The van der Waals surface area contributed by atoms with E-state index in [1.165, 1.54) is 44.2 Å². The highest BCUT2D eigenvalue weighted by Crippen LogP contribution is 2.43. The van der Waals surface area contributed by atoms with Crippen LogP contribution in [0.25, 0.3) is 117 Å². The summed E-state index contributed by atoms with van der Waals surface area (Å²) in [6.07, 6.45) is 0. The highest BCUT2D eigenvalue weighted by molar-refractivity contribution is 6.14. The van der Waals surface area contributed by atoms with Gasteiger partial charge in [0.15, 0.2) is 5.82 Å². The summed E-state index contributed by atoms with van der Waals surface area (Å²) in [6.45, 7) is 4.27. The maximum Gasteiger partial charge on any atom is 0.160 e. The van der Waals surface area contributed by atoms with Gasteiger partial charge in [-0.3, -0.25) is 0 Å². The number of fused-ring (bicyclic) bond motifs is 6. The van der Waals surface area contributed by atoms with Gasteiger partial charge in [0.05, 0.1) is 28.1 Å². The first-order valence-corrected chi connectivity index (χ1v) is 21.8. The predicted octanol–water partition coefficient (Wildman–Crippen LogP) is 16.1. The first-order chi connectivity index (χ1) is 31.5. The van der Waals surface area contributed by atoms with Crippen LogP contribution in [0.15, 0.2) is 217 Å². The first kappa shape index (κ1) is 37.4. The van der Waals surface area contributed by atoms with Crippen LogP contribution in [-0.2, 0) is 0 Å². The Labute approximate surface area is 371 Å². The average Bonchev–Trinajstić information content (AvgIpc) is 3.90. The Balaban J connectivity index is 1.16. The van der Waals surface area contributed by atoms with Gasteiger partial charge in [0.25, 0.3) is 0 Å². The number of hydrogen-bond donors (Lipinski definition) is 0. The number of rotatable bonds is 7. The van der Waals surface area contributed by atoms with Crippen LogP contribution >= 0.6 is 0 Å². The second-order valence-corrected chi connectivity index (χ2v) is 16.7. The van der Waals surface area contributed by atoms with Gasteiger partial charge < -0.3 is 8.98 Å². The molecule has 64 heavy (non-hydrogen) atoms. The van der Waals surface area contributed by atoms with Gasteiger partial charge >= 0.3 is 0 Å². The molecule has 0 aliphatic heterocycles. The molecule has 0 spiro atoms. The van der Waals surface area contributed by atoms with Crippen LogP contribution < -0.4 is 0 Å². The molecule has 12 rings (SSSR count). The predicted molar refractivity (Wildman–Crippen MR) is 266 cm³/mol. The van der Waals surface area contributed by atoms with E-state index < -0.39 is 0 Å². The van der Waals surface area contributed by atoms with E-state index >= 15 is 0 Å². The van der Waals surface area contributed by atoms with Gasteiger partial charge in [0.1, 0.15) is 11.2 Å². The van der Waals surface area contributed by atoms with Crippen LogP contribution in [-0.4, -0.2) is 14.5 Å². The smallest absolute Gasteiger partial charge is 0.160 e. The zero-order valence-corrected chi connectivity index (χ0v) is 35.5. The molecule has 4 heteroatoms. The lowest BCUT2D eigenvalue weighted by molar-refractivity contribution is 0.669. The minimum Gasteiger partial charge on any atom is -0.456 e. The van der Waals surface area contributed by atoms with Gasteiger partial charge in [-0.25, -0.2) is 9.97 Å². The van der Waals surface area contributed by atoms with Gasteiger partial charge in [0.2, 0.25) is 0 Å². The summed E-state index contributed by atoms with van der Waals surface area (Å²) >= 11 is 0. The molecule has 3 heterocycles. The summed E-state index contributed by atoms with van der Waals surface area (Å²) in [7, 11) is 0. The number of nitrogens with zero attached hydrogens (tertiary/aromatic N) is 3. The minimum absolute atomic E-state index is 0.670. The van der Waals surface area contributed by atoms with E-state index in [4.69, 9.17) is 14.4 Å². The Morgan fingerprint density at radius 3 is 1.56 bits per heavy atom. The highest BCUT2D eigenvalue weighted by atomic mass is 16.3. The monoisotopic (exact) mass is 819 g/mol. The largest absolute Gasteiger partial charge is 0.456 e. The molecule has 0 radical (unpaired) electrons. The number of benzene rings is 9. The maximum absolute atomic E-state index is 6.41. The van der Waals surface area contributed by atoms with Crippen LogP contribution in [0, 0.1) is 13.8 Å². The second-order valence-electron chi connectivity index (χ2n) is 16.7. The molecule has 0 saturated carbocycles. The third kappa shape index (κ3) is 6.47. The van der Waals surface area contributed by atoms with Crippen LogP contribution in [0.5, 0.6) is 0 Å². The first-order valence-electron chi connectivity index (χ1n) is 21.8. The summed E-state index contributed by atoms with van der Waals surface area (Å²) in [5.74, 6) is 0.670. The third-order valence-corrected chi connectivity index (χ3v) is 12.6. The van der Waals surface area contributed by atoms with E-state index in [0.717, 1.165) is 77.9 Å². The highest BCUT2D eigenvalue weighted by Gasteiger charge is 2.22. The SMILES string of the molecule is Cc1ccc(-c2ccc3c(c2)c2cc(-c4ccc(C)cc4)ccc2n3-c2ccc(-c3cccc4oc5ccccc5c34)cc2-c2cc(-c3ccccc3)nc(-c3ccccc3)n2)cc1. The Hall–Kier alpha value is -8.34. The third-order valence-electron chi connectivity index (χ3n) is 12.6. The van der Waals surface area contributed by atoms with E-state index in [-0.39, 0.29) is 0 Å². The lowest BCUT2D eigenvalue weighted by Gasteiger charge is -2.17. The zero-order chi connectivity index (χ0) is 42.7. The van der Waals surface area contributed by atoms with Crippen molar-refractivity contribution >= 4 is 43.7 Å². The second kappa shape index (κ2) is 15.2. The number of para-hydroxylation sites is 1. The fourth-order valence-electron chi connectivity index (χ4n) is 9.31. The van der Waals surface area contributed by atoms with Crippen molar-refractivity contribution in [1.82, 2.24) is 14.5 Å². The molecule has 0 amide bonds. The van der Waals surface area contributed by atoms with E-state index in [2.05, 4.69) is 194 Å². The molecule has 9 aromatic carbocycles. The van der Waals surface area contributed by atoms with Crippen molar-refractivity contribution < 1.29 is 4.42 Å². The van der Waals surface area contributed by atoms with Crippen molar-refractivity contribution in [3.8, 4) is 73.0 Å². The van der Waals surface area contributed by atoms with Crippen molar-refractivity contribution in [2.24, 2.45) is 0 Å². The molecule has 4 nitrogen and oxygen atoms in total. The standard InChI is InChI=1S/C60H41N3O/c1-38-20-24-40(25-21-38)44-28-31-54-49(34-44)50-35-45(41-26-22-39(2)23-27-41)29-32-55(50)63(54)56-33-30-46(47-17-11-19-58-59(47)48-16-9-10-18-57(48)64-58)36-51(56)53-37-52(42-12-5-3-6-13-42)61-60(62-53)43-14-7-4-8-15-43/h3-37H,1-2H3. The van der Waals surface area contributed by atoms with E-state index in [1.807, 2.05) is 36.4 Å². The van der Waals surface area contributed by atoms with Crippen LogP contribution in [0.3, 0.4) is 0 Å². The van der Waals surface area contributed by atoms with E-state index in [0.29, 0.717) is 5.82 Å². The topological polar surface area (TPSA) is 43.9 Å². The van der Waals surface area contributed by atoms with E-state index in [1.54, 1.807) is 0 Å². The Kier molecular flexibility index (Phi) is 8.91. The van der Waals surface area contributed by atoms with Crippen molar-refractivity contribution in [2.45, 2.75) is 13.8 Å². The zero-order valence-electron chi connectivity index (χ0n) is 35.5. The summed E-state index contributed by atoms with van der Waals surface area (Å²) in [5, 5.41) is 4.56. The number of furan rings is 1. The summed E-state index contributed by atoms with van der Waals surface area (Å²) in [6, 6.07) is 75.8. The number of aryl methyl sites for hydroxylation is 2. The number of aromatic nitrogens is 3. The lowest BCUT2D eigenvalue weighted by atomic mass is 9.95. The summed E-state index contributed by atoms with van der Waals surface area (Å²) in [5.41, 5.74) is 19.1. The summed E-state index contributed by atoms with van der Waals surface area (Å²) in [4.78, 5) is 10.6. The Morgan fingerprint density at radius 2 is 0.906 bits per heavy atom. The average molecular weight is 820 g/mol. The minimum atomic E-state index is 0.670. The van der Waals surface area contributed by atoms with Gasteiger partial charge in [-0.1, -0.05) is 169 Å². The molecule has 0 N–H and O–H groups in total. The molecule has 0 aliphatic rings. The molecule has 302 valence electrons. The van der Waals surface area contributed by atoms with Crippen LogP contribution in [0.1, 0.15) is 11.1 Å². The molecule has 3 aromatic heterocycles. The Morgan fingerprint density at radius 1 is 0.359 bits per heavy atom. The van der Waals surface area contributed by atoms with Crippen molar-refractivity contribution in [2.75, 3.05) is 0 Å². The molecule has 0 bridgehead atoms. The molecular formula is C60H41N3O. The van der Waals surface area contributed by atoms with E-state index in [9.17, 15) is 0 Å². The molecule has 0 unspecified atom stereocenters. The molecule has 12 aromatic rings. The fraction of sp³-hybridized carbons (Fsp3) is 0.0333. The summed E-state index contributed by atoms with van der Waals surface area (Å²) < 4.78 is 8.84. The lowest BCUT2D eigenvalue weighted by Crippen LogP contribution is -2.01. The number of hydrogen-bond acceptors (Lipinski definition) is 3. The van der Waals surface area contributed by atoms with Crippen molar-refractivity contribution in [3.05, 3.63) is 223 Å².